The fourth-order valence-electron chi connectivity index (χ4n) is 6.72. The van der Waals surface area contributed by atoms with Crippen molar-refractivity contribution in [2.75, 3.05) is 13.2 Å². The molecular weight excluding hydrogens is 683 g/mol. The third kappa shape index (κ3) is 41.3. The molecule has 0 radical (unpaired) electrons. The highest BCUT2D eigenvalue weighted by atomic mass is 16.5. The van der Waals surface area contributed by atoms with Crippen LogP contribution < -0.4 is 5.32 Å². The van der Waals surface area contributed by atoms with Gasteiger partial charge in [-0.15, -0.1) is 0 Å². The van der Waals surface area contributed by atoms with Crippen molar-refractivity contribution in [1.82, 2.24) is 5.32 Å². The van der Waals surface area contributed by atoms with Gasteiger partial charge in [0, 0.05) is 12.8 Å². The van der Waals surface area contributed by atoms with Gasteiger partial charge in [0.05, 0.1) is 25.4 Å². The summed E-state index contributed by atoms with van der Waals surface area (Å²) in [6, 6.07) is -0.585. The van der Waals surface area contributed by atoms with E-state index in [0.29, 0.717) is 32.3 Å². The van der Waals surface area contributed by atoms with E-state index in [2.05, 4.69) is 61.7 Å². The van der Waals surface area contributed by atoms with Crippen molar-refractivity contribution in [1.29, 1.82) is 0 Å². The lowest BCUT2D eigenvalue weighted by molar-refractivity contribution is -0.143. The molecule has 1 amide bonds. The Morgan fingerprint density at radius 2 is 0.927 bits per heavy atom. The summed E-state index contributed by atoms with van der Waals surface area (Å²) in [5.74, 6) is -0.153. The van der Waals surface area contributed by atoms with E-state index in [0.717, 1.165) is 64.2 Å². The second kappa shape index (κ2) is 44.5. The standard InChI is InChI=1S/C49H89NO5/c1-3-5-7-9-11-13-15-16-17-20-23-27-31-35-39-43-49(54)55-44-40-36-32-28-24-21-18-19-22-26-30-34-38-42-48(53)50-46(45-51)47(52)41-37-33-29-25-14-12-10-8-6-4-2/h11,13,16-17,19,22,30,34,46-47,51-52H,3-10,12,14-15,18,20-21,23-29,31-33,35-45H2,1-2H3,(H,50,53)/b13-11-,17-16-,22-19-,34-30-. The molecule has 2 unspecified atom stereocenters. The molecule has 320 valence electrons. The van der Waals surface area contributed by atoms with Crippen LogP contribution in [0.5, 0.6) is 0 Å². The van der Waals surface area contributed by atoms with Crippen molar-refractivity contribution >= 4 is 11.9 Å². The van der Waals surface area contributed by atoms with Crippen molar-refractivity contribution in [2.45, 2.75) is 238 Å². The first-order chi connectivity index (χ1) is 27.0. The molecule has 0 spiro atoms. The zero-order valence-corrected chi connectivity index (χ0v) is 36.1. The van der Waals surface area contributed by atoms with Crippen LogP contribution in [0, 0.1) is 0 Å². The van der Waals surface area contributed by atoms with Crippen molar-refractivity contribution in [3.05, 3.63) is 48.6 Å². The topological polar surface area (TPSA) is 95.9 Å². The number of allylic oxidation sites excluding steroid dienone is 8. The van der Waals surface area contributed by atoms with Gasteiger partial charge in [0.2, 0.25) is 5.91 Å². The molecule has 3 N–H and O–H groups in total. The van der Waals surface area contributed by atoms with Crippen molar-refractivity contribution in [3.8, 4) is 0 Å². The van der Waals surface area contributed by atoms with E-state index in [1.807, 2.05) is 6.08 Å². The van der Waals surface area contributed by atoms with Crippen LogP contribution in [0.15, 0.2) is 48.6 Å². The number of rotatable bonds is 42. The number of nitrogens with one attached hydrogen (secondary N) is 1. The SMILES string of the molecule is CCCCC/C=C\C/C=C\CCCCCCCC(=O)OCCCCCCCC/C=C\C/C=C\CCC(=O)NC(CO)C(O)CCCCCCCCCCCC. The summed E-state index contributed by atoms with van der Waals surface area (Å²) in [6.45, 7) is 4.82. The van der Waals surface area contributed by atoms with Crippen LogP contribution in [0.3, 0.4) is 0 Å². The van der Waals surface area contributed by atoms with Crippen molar-refractivity contribution < 1.29 is 24.5 Å². The first-order valence-electron chi connectivity index (χ1n) is 23.4. The van der Waals surface area contributed by atoms with Crippen LogP contribution in [0.1, 0.15) is 226 Å². The minimum Gasteiger partial charge on any atom is -0.466 e. The smallest absolute Gasteiger partial charge is 0.305 e. The molecule has 55 heavy (non-hydrogen) atoms. The van der Waals surface area contributed by atoms with Gasteiger partial charge in [-0.1, -0.05) is 184 Å². The minimum atomic E-state index is -0.698. The third-order valence-corrected chi connectivity index (χ3v) is 10.4. The molecule has 6 heteroatoms. The van der Waals surface area contributed by atoms with Gasteiger partial charge in [-0.05, 0) is 77.0 Å². The molecule has 0 aliphatic heterocycles. The van der Waals surface area contributed by atoms with Crippen molar-refractivity contribution in [3.63, 3.8) is 0 Å². The number of aliphatic hydroxyl groups excluding tert-OH is 2. The Bertz CT molecular complexity index is 942. The summed E-state index contributed by atoms with van der Waals surface area (Å²) < 4.78 is 5.43. The zero-order valence-electron chi connectivity index (χ0n) is 36.1. The number of unbranched alkanes of at least 4 members (excludes halogenated alkanes) is 23. The Balaban J connectivity index is 3.57. The van der Waals surface area contributed by atoms with Crippen LogP contribution in [-0.2, 0) is 14.3 Å². The van der Waals surface area contributed by atoms with E-state index in [-0.39, 0.29) is 18.5 Å². The summed E-state index contributed by atoms with van der Waals surface area (Å²) in [5.41, 5.74) is 0. The fourth-order valence-corrected chi connectivity index (χ4v) is 6.72. The number of hydrogen-bond donors (Lipinski definition) is 3. The lowest BCUT2D eigenvalue weighted by Crippen LogP contribution is -2.45. The average Bonchev–Trinajstić information content (AvgIpc) is 3.18. The number of ether oxygens (including phenoxy) is 1. The highest BCUT2D eigenvalue weighted by molar-refractivity contribution is 5.76. The number of carbonyl (C=O) groups excluding carboxylic acids is 2. The zero-order chi connectivity index (χ0) is 40.1. The van der Waals surface area contributed by atoms with Gasteiger partial charge in [-0.3, -0.25) is 9.59 Å². The van der Waals surface area contributed by atoms with E-state index in [1.165, 1.54) is 122 Å². The first kappa shape index (κ1) is 52.8. The third-order valence-electron chi connectivity index (χ3n) is 10.4. The maximum absolute atomic E-state index is 12.3. The normalized spacial score (nSPS) is 13.2. The van der Waals surface area contributed by atoms with Gasteiger partial charge in [0.15, 0.2) is 0 Å². The van der Waals surface area contributed by atoms with Crippen LogP contribution in [0.2, 0.25) is 0 Å². The van der Waals surface area contributed by atoms with E-state index in [4.69, 9.17) is 4.74 Å². The molecule has 2 atom stereocenters. The fraction of sp³-hybridized carbons (Fsp3) is 0.796. The summed E-state index contributed by atoms with van der Waals surface area (Å²) in [7, 11) is 0. The Labute approximate surface area is 340 Å². The molecule has 0 aromatic heterocycles. The van der Waals surface area contributed by atoms with E-state index < -0.39 is 12.1 Å². The highest BCUT2D eigenvalue weighted by Crippen LogP contribution is 2.14. The van der Waals surface area contributed by atoms with Crippen LogP contribution >= 0.6 is 0 Å². The molecule has 0 aromatic carbocycles. The molecule has 0 aliphatic rings. The van der Waals surface area contributed by atoms with Crippen LogP contribution in [0.4, 0.5) is 0 Å². The van der Waals surface area contributed by atoms with Crippen molar-refractivity contribution in [2.24, 2.45) is 0 Å². The second-order valence-corrected chi connectivity index (χ2v) is 15.7. The van der Waals surface area contributed by atoms with Crippen LogP contribution in [0.25, 0.3) is 0 Å². The molecule has 0 saturated carbocycles. The molecule has 6 nitrogen and oxygen atoms in total. The molecule has 0 aromatic rings. The molecule has 0 rings (SSSR count). The molecule has 0 heterocycles. The summed E-state index contributed by atoms with van der Waals surface area (Å²) in [6.07, 6.45) is 53.7. The lowest BCUT2D eigenvalue weighted by atomic mass is 10.0. The molecule has 0 fully saturated rings. The minimum absolute atomic E-state index is 0.0324. The molecular formula is C49H89NO5. The highest BCUT2D eigenvalue weighted by Gasteiger charge is 2.19. The summed E-state index contributed by atoms with van der Waals surface area (Å²) in [4.78, 5) is 24.3. The maximum Gasteiger partial charge on any atom is 0.305 e. The first-order valence-corrected chi connectivity index (χ1v) is 23.4. The second-order valence-electron chi connectivity index (χ2n) is 15.7. The molecule has 0 bridgehead atoms. The number of hydrogen-bond acceptors (Lipinski definition) is 5. The van der Waals surface area contributed by atoms with E-state index in [1.54, 1.807) is 0 Å². The predicted molar refractivity (Wildman–Crippen MR) is 236 cm³/mol. The number of amides is 1. The van der Waals surface area contributed by atoms with E-state index >= 15 is 0 Å². The molecule has 0 saturated heterocycles. The average molecular weight is 772 g/mol. The number of carbonyl (C=O) groups is 2. The predicted octanol–water partition coefficient (Wildman–Crippen LogP) is 13.5. The van der Waals surface area contributed by atoms with Crippen LogP contribution in [-0.4, -0.2) is 47.4 Å². The Kier molecular flexibility index (Phi) is 42.8. The summed E-state index contributed by atoms with van der Waals surface area (Å²) in [5, 5.41) is 23.0. The number of aliphatic hydroxyl groups is 2. The van der Waals surface area contributed by atoms with Gasteiger partial charge in [-0.25, -0.2) is 0 Å². The Morgan fingerprint density at radius 1 is 0.509 bits per heavy atom. The van der Waals surface area contributed by atoms with Gasteiger partial charge >= 0.3 is 5.97 Å². The molecule has 0 aliphatic carbocycles. The summed E-state index contributed by atoms with van der Waals surface area (Å²) >= 11 is 0. The quantitative estimate of drug-likeness (QED) is 0.0326. The maximum atomic E-state index is 12.3. The monoisotopic (exact) mass is 772 g/mol. The lowest BCUT2D eigenvalue weighted by Gasteiger charge is -2.22. The Hall–Kier alpha value is -2.18. The Morgan fingerprint density at radius 3 is 1.45 bits per heavy atom. The van der Waals surface area contributed by atoms with E-state index in [9.17, 15) is 19.8 Å². The largest absolute Gasteiger partial charge is 0.466 e. The van der Waals surface area contributed by atoms with Gasteiger partial charge in [0.1, 0.15) is 0 Å². The van der Waals surface area contributed by atoms with Gasteiger partial charge in [-0.2, -0.15) is 0 Å². The number of esters is 1. The van der Waals surface area contributed by atoms with Gasteiger partial charge in [0.25, 0.3) is 0 Å². The van der Waals surface area contributed by atoms with Gasteiger partial charge < -0.3 is 20.3 Å².